The minimum atomic E-state index is -0.728. The summed E-state index contributed by atoms with van der Waals surface area (Å²) < 4.78 is 5.30. The van der Waals surface area contributed by atoms with Crippen molar-refractivity contribution in [2.24, 2.45) is 20.7 Å². The fourth-order valence-electron chi connectivity index (χ4n) is 2.71. The first-order valence-corrected chi connectivity index (χ1v) is 6.71. The van der Waals surface area contributed by atoms with Crippen molar-refractivity contribution in [3.8, 4) is 0 Å². The Morgan fingerprint density at radius 3 is 2.65 bits per heavy atom. The van der Waals surface area contributed by atoms with Crippen molar-refractivity contribution in [3.05, 3.63) is 35.4 Å². The Kier molecular flexibility index (Phi) is 3.08. The molecule has 1 aliphatic heterocycles. The van der Waals surface area contributed by atoms with Crippen LogP contribution >= 0.6 is 0 Å². The van der Waals surface area contributed by atoms with Gasteiger partial charge in [0.15, 0.2) is 0 Å². The highest BCUT2D eigenvalue weighted by Crippen LogP contribution is 2.39. The topological polar surface area (TPSA) is 75.7 Å². The van der Waals surface area contributed by atoms with Crippen LogP contribution in [0.2, 0.25) is 0 Å². The van der Waals surface area contributed by atoms with E-state index in [0.29, 0.717) is 6.47 Å². The summed E-state index contributed by atoms with van der Waals surface area (Å²) in [4.78, 5) is 10.7. The van der Waals surface area contributed by atoms with Gasteiger partial charge in [-0.15, -0.1) is 10.2 Å². The summed E-state index contributed by atoms with van der Waals surface area (Å²) in [6.45, 7) is 2.43. The van der Waals surface area contributed by atoms with Gasteiger partial charge in [0.25, 0.3) is 6.47 Å². The van der Waals surface area contributed by atoms with Crippen molar-refractivity contribution in [1.29, 1.82) is 0 Å². The van der Waals surface area contributed by atoms with E-state index in [0.717, 1.165) is 36.8 Å². The van der Waals surface area contributed by atoms with Gasteiger partial charge in [0.2, 0.25) is 5.66 Å². The summed E-state index contributed by atoms with van der Waals surface area (Å²) in [6.07, 6.45) is 3.68. The number of ether oxygens (including phenoxy) is 1. The maximum atomic E-state index is 10.7. The van der Waals surface area contributed by atoms with Crippen LogP contribution in [-0.4, -0.2) is 12.1 Å². The molecule has 0 unspecified atom stereocenters. The number of rotatable bonds is 5. The van der Waals surface area contributed by atoms with Crippen LogP contribution in [0.4, 0.5) is 0 Å². The molecule has 1 saturated carbocycles. The quantitative estimate of drug-likeness (QED) is 0.771. The first-order chi connectivity index (χ1) is 9.66. The SMILES string of the molecule is CC1(c2cccc(CC3(OC=O)CCC3)c2)N=NN=N1. The highest BCUT2D eigenvalue weighted by atomic mass is 16.5. The van der Waals surface area contributed by atoms with E-state index in [9.17, 15) is 4.79 Å². The second-order valence-electron chi connectivity index (χ2n) is 5.53. The molecule has 0 aromatic heterocycles. The van der Waals surface area contributed by atoms with Crippen molar-refractivity contribution >= 4 is 6.47 Å². The lowest BCUT2D eigenvalue weighted by molar-refractivity contribution is -0.152. The van der Waals surface area contributed by atoms with Crippen LogP contribution < -0.4 is 0 Å². The van der Waals surface area contributed by atoms with Gasteiger partial charge in [0, 0.05) is 12.0 Å². The monoisotopic (exact) mass is 272 g/mol. The van der Waals surface area contributed by atoms with E-state index in [4.69, 9.17) is 4.74 Å². The zero-order valence-corrected chi connectivity index (χ0v) is 11.3. The average molecular weight is 272 g/mol. The minimum absolute atomic E-state index is 0.319. The molecule has 6 heteroatoms. The lowest BCUT2D eigenvalue weighted by atomic mass is 9.75. The normalized spacial score (nSPS) is 21.4. The van der Waals surface area contributed by atoms with E-state index >= 15 is 0 Å². The summed E-state index contributed by atoms with van der Waals surface area (Å²) >= 11 is 0. The summed E-state index contributed by atoms with van der Waals surface area (Å²) in [5.41, 5.74) is 1.01. The highest BCUT2D eigenvalue weighted by Gasteiger charge is 2.39. The predicted octanol–water partition coefficient (Wildman–Crippen LogP) is 3.33. The number of hydrogen-bond donors (Lipinski definition) is 0. The van der Waals surface area contributed by atoms with Gasteiger partial charge >= 0.3 is 0 Å². The Balaban J connectivity index is 1.83. The van der Waals surface area contributed by atoms with Crippen LogP contribution in [-0.2, 0) is 21.6 Å². The van der Waals surface area contributed by atoms with Crippen LogP contribution in [0.3, 0.4) is 0 Å². The molecule has 1 aromatic carbocycles. The van der Waals surface area contributed by atoms with Crippen molar-refractivity contribution in [2.75, 3.05) is 0 Å². The van der Waals surface area contributed by atoms with Crippen molar-refractivity contribution in [3.63, 3.8) is 0 Å². The molecule has 0 bridgehead atoms. The number of nitrogens with zero attached hydrogens (tertiary/aromatic N) is 4. The van der Waals surface area contributed by atoms with Crippen LogP contribution in [0, 0.1) is 0 Å². The second-order valence-corrected chi connectivity index (χ2v) is 5.53. The third-order valence-corrected chi connectivity index (χ3v) is 4.08. The maximum absolute atomic E-state index is 10.7. The molecule has 0 spiro atoms. The Morgan fingerprint density at radius 2 is 2.05 bits per heavy atom. The summed E-state index contributed by atoms with van der Waals surface area (Å²) in [7, 11) is 0. The summed E-state index contributed by atoms with van der Waals surface area (Å²) in [5, 5.41) is 15.3. The molecule has 0 saturated heterocycles. The lowest BCUT2D eigenvalue weighted by Gasteiger charge is -2.40. The van der Waals surface area contributed by atoms with E-state index < -0.39 is 5.66 Å². The fourth-order valence-corrected chi connectivity index (χ4v) is 2.71. The molecule has 1 aromatic rings. The minimum Gasteiger partial charge on any atom is -0.461 e. The van der Waals surface area contributed by atoms with E-state index in [1.807, 2.05) is 31.2 Å². The van der Waals surface area contributed by atoms with Crippen molar-refractivity contribution < 1.29 is 9.53 Å². The third kappa shape index (κ3) is 2.21. The van der Waals surface area contributed by atoms with Crippen molar-refractivity contribution in [2.45, 2.75) is 43.9 Å². The van der Waals surface area contributed by atoms with E-state index in [2.05, 4.69) is 20.7 Å². The summed E-state index contributed by atoms with van der Waals surface area (Å²) in [5.74, 6) is 0. The fraction of sp³-hybridized carbons (Fsp3) is 0.500. The molecular formula is C14H16N4O2. The molecule has 1 fully saturated rings. The third-order valence-electron chi connectivity index (χ3n) is 4.08. The van der Waals surface area contributed by atoms with E-state index in [1.165, 1.54) is 0 Å². The molecule has 0 radical (unpaired) electrons. The van der Waals surface area contributed by atoms with Gasteiger partial charge < -0.3 is 4.74 Å². The molecule has 0 N–H and O–H groups in total. The molecular weight excluding hydrogens is 256 g/mol. The van der Waals surface area contributed by atoms with Gasteiger partial charge in [-0.1, -0.05) is 24.3 Å². The van der Waals surface area contributed by atoms with E-state index in [-0.39, 0.29) is 5.60 Å². The van der Waals surface area contributed by atoms with Gasteiger partial charge in [-0.05, 0) is 42.2 Å². The van der Waals surface area contributed by atoms with Crippen LogP contribution in [0.5, 0.6) is 0 Å². The number of carbonyl (C=O) groups excluding carboxylic acids is 1. The predicted molar refractivity (Wildman–Crippen MR) is 70.9 cm³/mol. The number of hydrogen-bond acceptors (Lipinski definition) is 6. The Labute approximate surface area is 116 Å². The van der Waals surface area contributed by atoms with Gasteiger partial charge in [0.1, 0.15) is 5.60 Å². The summed E-state index contributed by atoms with van der Waals surface area (Å²) in [6, 6.07) is 8.00. The second kappa shape index (κ2) is 4.77. The molecule has 6 nitrogen and oxygen atoms in total. The molecule has 0 amide bonds. The molecule has 1 heterocycles. The number of carbonyl (C=O) groups is 1. The zero-order chi connectivity index (χ0) is 14.1. The number of benzene rings is 1. The maximum Gasteiger partial charge on any atom is 0.293 e. The highest BCUT2D eigenvalue weighted by molar-refractivity contribution is 5.39. The Morgan fingerprint density at radius 1 is 1.30 bits per heavy atom. The molecule has 2 aliphatic rings. The lowest BCUT2D eigenvalue weighted by Crippen LogP contribution is -2.42. The van der Waals surface area contributed by atoms with Crippen molar-refractivity contribution in [1.82, 2.24) is 0 Å². The van der Waals surface area contributed by atoms with Gasteiger partial charge in [-0.2, -0.15) is 0 Å². The standard InChI is InChI=1S/C14H16N4O2/c1-13(15-17-18-16-13)12-5-2-4-11(8-12)9-14(20-10-19)6-3-7-14/h2,4-5,8,10H,3,6-7,9H2,1H3. The van der Waals surface area contributed by atoms with E-state index in [1.54, 1.807) is 0 Å². The van der Waals surface area contributed by atoms with Gasteiger partial charge in [0.05, 0.1) is 0 Å². The largest absolute Gasteiger partial charge is 0.461 e. The van der Waals surface area contributed by atoms with Crippen LogP contribution in [0.15, 0.2) is 44.9 Å². The average Bonchev–Trinajstić information content (AvgIpc) is 2.85. The Bertz CT molecular complexity index is 566. The smallest absolute Gasteiger partial charge is 0.293 e. The zero-order valence-electron chi connectivity index (χ0n) is 11.3. The molecule has 20 heavy (non-hydrogen) atoms. The van der Waals surface area contributed by atoms with Crippen LogP contribution in [0.1, 0.15) is 37.3 Å². The first kappa shape index (κ1) is 12.9. The molecule has 104 valence electrons. The molecule has 3 rings (SSSR count). The van der Waals surface area contributed by atoms with Gasteiger partial charge in [-0.25, -0.2) is 0 Å². The Hall–Kier alpha value is -2.11. The van der Waals surface area contributed by atoms with Crippen LogP contribution in [0.25, 0.3) is 0 Å². The molecule has 0 atom stereocenters. The first-order valence-electron chi connectivity index (χ1n) is 6.71. The van der Waals surface area contributed by atoms with Gasteiger partial charge in [-0.3, -0.25) is 4.79 Å². The molecule has 1 aliphatic carbocycles.